The van der Waals surface area contributed by atoms with Crippen molar-refractivity contribution in [1.82, 2.24) is 20.0 Å². The van der Waals surface area contributed by atoms with Gasteiger partial charge in [-0.1, -0.05) is 6.07 Å². The van der Waals surface area contributed by atoms with Gasteiger partial charge in [0.1, 0.15) is 5.01 Å². The minimum Gasteiger partial charge on any atom is -0.316 e. The maximum absolute atomic E-state index is 12.1. The summed E-state index contributed by atoms with van der Waals surface area (Å²) in [6.07, 6.45) is 3.28. The van der Waals surface area contributed by atoms with E-state index in [-0.39, 0.29) is 11.6 Å². The normalized spacial score (nSPS) is 11.7. The first-order valence-electron chi connectivity index (χ1n) is 6.02. The van der Waals surface area contributed by atoms with Gasteiger partial charge < -0.3 is 5.32 Å². The van der Waals surface area contributed by atoms with Crippen molar-refractivity contribution in [3.63, 3.8) is 0 Å². The van der Waals surface area contributed by atoms with Crippen LogP contribution >= 0.6 is 11.3 Å². The molecule has 0 amide bonds. The topological polar surface area (TPSA) is 84.0 Å². The molecule has 0 fully saturated rings. The summed E-state index contributed by atoms with van der Waals surface area (Å²) >= 11 is 1.47. The average Bonchev–Trinajstić information content (AvgIpc) is 2.84. The molecule has 2 aromatic rings. The summed E-state index contributed by atoms with van der Waals surface area (Å²) < 4.78 is 26.6. The summed E-state index contributed by atoms with van der Waals surface area (Å²) in [6.45, 7) is 2.76. The van der Waals surface area contributed by atoms with Crippen LogP contribution in [0.1, 0.15) is 15.4 Å². The third-order valence-electron chi connectivity index (χ3n) is 2.54. The quantitative estimate of drug-likeness (QED) is 0.833. The fourth-order valence-electron chi connectivity index (χ4n) is 1.59. The summed E-state index contributed by atoms with van der Waals surface area (Å²) in [5.74, 6) is 0. The van der Waals surface area contributed by atoms with Crippen LogP contribution in [0.3, 0.4) is 0 Å². The number of pyridine rings is 1. The van der Waals surface area contributed by atoms with Crippen molar-refractivity contribution in [3.05, 3.63) is 40.0 Å². The van der Waals surface area contributed by atoms with Crippen LogP contribution in [-0.2, 0) is 23.1 Å². The second-order valence-electron chi connectivity index (χ2n) is 4.22. The van der Waals surface area contributed by atoms with Crippen LogP contribution in [0.4, 0.5) is 0 Å². The molecule has 0 saturated heterocycles. The van der Waals surface area contributed by atoms with E-state index in [4.69, 9.17) is 0 Å². The van der Waals surface area contributed by atoms with Gasteiger partial charge in [0, 0.05) is 23.8 Å². The third-order valence-corrected chi connectivity index (χ3v) is 4.77. The highest BCUT2D eigenvalue weighted by molar-refractivity contribution is 7.89. The van der Waals surface area contributed by atoms with Gasteiger partial charge in [-0.15, -0.1) is 11.3 Å². The summed E-state index contributed by atoms with van der Waals surface area (Å²) in [5.41, 5.74) is 0.932. The van der Waals surface area contributed by atoms with E-state index in [9.17, 15) is 8.42 Å². The molecule has 0 aliphatic carbocycles. The average molecular weight is 312 g/mol. The van der Waals surface area contributed by atoms with Crippen LogP contribution in [-0.4, -0.2) is 25.4 Å². The van der Waals surface area contributed by atoms with E-state index in [2.05, 4.69) is 20.0 Å². The third kappa shape index (κ3) is 3.83. The number of aromatic nitrogens is 2. The fraction of sp³-hybridized carbons (Fsp3) is 0.333. The molecule has 0 spiro atoms. The highest BCUT2D eigenvalue weighted by Gasteiger charge is 2.15. The number of nitrogens with one attached hydrogen (secondary N) is 2. The number of rotatable bonds is 6. The molecule has 0 bridgehead atoms. The van der Waals surface area contributed by atoms with E-state index in [1.165, 1.54) is 17.4 Å². The van der Waals surface area contributed by atoms with E-state index in [0.717, 1.165) is 15.4 Å². The standard InChI is InChI=1S/C12H16N4O2S2/c1-9-5-14-11(19-9)8-16-20(17,18)12-4-3-10(6-13-2)7-15-12/h3-5,7,13,16H,6,8H2,1-2H3. The van der Waals surface area contributed by atoms with Crippen LogP contribution in [0.15, 0.2) is 29.6 Å². The maximum Gasteiger partial charge on any atom is 0.258 e. The number of sulfonamides is 1. The van der Waals surface area contributed by atoms with Gasteiger partial charge in [0.2, 0.25) is 0 Å². The van der Waals surface area contributed by atoms with E-state index in [0.29, 0.717) is 6.54 Å². The Kier molecular flexibility index (Phi) is 4.81. The molecular weight excluding hydrogens is 296 g/mol. The van der Waals surface area contributed by atoms with Gasteiger partial charge in [0.05, 0.1) is 6.54 Å². The second kappa shape index (κ2) is 6.40. The van der Waals surface area contributed by atoms with Crippen molar-refractivity contribution in [1.29, 1.82) is 0 Å². The Morgan fingerprint density at radius 3 is 2.55 bits per heavy atom. The minimum atomic E-state index is -3.60. The van der Waals surface area contributed by atoms with Gasteiger partial charge in [0.25, 0.3) is 10.0 Å². The SMILES string of the molecule is CNCc1ccc(S(=O)(=O)NCc2ncc(C)s2)nc1. The van der Waals surface area contributed by atoms with Crippen LogP contribution < -0.4 is 10.0 Å². The predicted molar refractivity (Wildman–Crippen MR) is 77.9 cm³/mol. The molecule has 0 aliphatic heterocycles. The van der Waals surface area contributed by atoms with Gasteiger partial charge in [0.15, 0.2) is 5.03 Å². The molecule has 0 atom stereocenters. The lowest BCUT2D eigenvalue weighted by atomic mass is 10.3. The molecule has 2 heterocycles. The van der Waals surface area contributed by atoms with E-state index in [1.54, 1.807) is 18.5 Å². The molecule has 0 unspecified atom stereocenters. The molecular formula is C12H16N4O2S2. The van der Waals surface area contributed by atoms with Crippen LogP contribution in [0.25, 0.3) is 0 Å². The summed E-state index contributed by atoms with van der Waals surface area (Å²) in [5, 5.41) is 3.73. The smallest absolute Gasteiger partial charge is 0.258 e. The zero-order valence-corrected chi connectivity index (χ0v) is 12.9. The zero-order valence-electron chi connectivity index (χ0n) is 11.3. The Labute approximate surface area is 122 Å². The zero-order chi connectivity index (χ0) is 14.6. The Hall–Kier alpha value is -1.35. The van der Waals surface area contributed by atoms with E-state index >= 15 is 0 Å². The molecule has 2 aromatic heterocycles. The summed E-state index contributed by atoms with van der Waals surface area (Å²) in [6, 6.07) is 3.24. The fourth-order valence-corrected chi connectivity index (χ4v) is 3.32. The lowest BCUT2D eigenvalue weighted by Crippen LogP contribution is -2.24. The van der Waals surface area contributed by atoms with E-state index < -0.39 is 10.0 Å². The van der Waals surface area contributed by atoms with Crippen molar-refractivity contribution in [3.8, 4) is 0 Å². The number of nitrogens with zero attached hydrogens (tertiary/aromatic N) is 2. The molecule has 108 valence electrons. The molecule has 20 heavy (non-hydrogen) atoms. The molecule has 8 heteroatoms. The lowest BCUT2D eigenvalue weighted by molar-refractivity contribution is 0.577. The monoisotopic (exact) mass is 312 g/mol. The maximum atomic E-state index is 12.1. The first-order chi connectivity index (χ1) is 9.51. The molecule has 6 nitrogen and oxygen atoms in total. The molecule has 0 aliphatic rings. The van der Waals surface area contributed by atoms with Gasteiger partial charge in [-0.05, 0) is 25.6 Å². The van der Waals surface area contributed by atoms with Gasteiger partial charge in [-0.2, -0.15) is 0 Å². The number of thiazole rings is 1. The first-order valence-corrected chi connectivity index (χ1v) is 8.32. The van der Waals surface area contributed by atoms with Crippen molar-refractivity contribution in [2.24, 2.45) is 0 Å². The number of hydrogen-bond donors (Lipinski definition) is 2. The Morgan fingerprint density at radius 2 is 2.00 bits per heavy atom. The molecule has 2 N–H and O–H groups in total. The molecule has 0 radical (unpaired) electrons. The van der Waals surface area contributed by atoms with Gasteiger partial charge in [-0.25, -0.2) is 23.1 Å². The van der Waals surface area contributed by atoms with Crippen molar-refractivity contribution in [2.45, 2.75) is 25.0 Å². The van der Waals surface area contributed by atoms with Crippen LogP contribution in [0.2, 0.25) is 0 Å². The molecule has 0 saturated carbocycles. The number of aryl methyl sites for hydroxylation is 1. The second-order valence-corrected chi connectivity index (χ2v) is 7.26. The van der Waals surface area contributed by atoms with Crippen molar-refractivity contribution in [2.75, 3.05) is 7.05 Å². The van der Waals surface area contributed by atoms with Gasteiger partial charge >= 0.3 is 0 Å². The van der Waals surface area contributed by atoms with Crippen LogP contribution in [0, 0.1) is 6.92 Å². The van der Waals surface area contributed by atoms with Crippen molar-refractivity contribution < 1.29 is 8.42 Å². The van der Waals surface area contributed by atoms with Crippen molar-refractivity contribution >= 4 is 21.4 Å². The Morgan fingerprint density at radius 1 is 1.20 bits per heavy atom. The summed E-state index contributed by atoms with van der Waals surface area (Å²) in [4.78, 5) is 9.14. The number of hydrogen-bond acceptors (Lipinski definition) is 6. The summed E-state index contributed by atoms with van der Waals surface area (Å²) in [7, 11) is -1.77. The minimum absolute atomic E-state index is 0.0191. The van der Waals surface area contributed by atoms with Crippen LogP contribution in [0.5, 0.6) is 0 Å². The van der Waals surface area contributed by atoms with Gasteiger partial charge in [-0.3, -0.25) is 0 Å². The Bertz CT molecular complexity index is 665. The first kappa shape index (κ1) is 15.0. The lowest BCUT2D eigenvalue weighted by Gasteiger charge is -2.05. The largest absolute Gasteiger partial charge is 0.316 e. The molecule has 0 aromatic carbocycles. The Balaban J connectivity index is 2.05. The highest BCUT2D eigenvalue weighted by atomic mass is 32.2. The van der Waals surface area contributed by atoms with E-state index in [1.807, 2.05) is 14.0 Å². The predicted octanol–water partition coefficient (Wildman–Crippen LogP) is 1.04. The molecule has 2 rings (SSSR count). The highest BCUT2D eigenvalue weighted by Crippen LogP contribution is 2.12.